The van der Waals surface area contributed by atoms with E-state index in [0.29, 0.717) is 11.6 Å². The minimum atomic E-state index is -0.854. The third kappa shape index (κ3) is 3.60. The Morgan fingerprint density at radius 2 is 2.10 bits per heavy atom. The third-order valence-corrected chi connectivity index (χ3v) is 4.40. The van der Waals surface area contributed by atoms with Crippen LogP contribution in [0.25, 0.3) is 0 Å². The number of carboxylic acid groups (broad SMARTS) is 1. The molecule has 20 heavy (non-hydrogen) atoms. The van der Waals surface area contributed by atoms with Gasteiger partial charge in [-0.05, 0) is 49.4 Å². The Morgan fingerprint density at radius 3 is 2.70 bits per heavy atom. The van der Waals surface area contributed by atoms with E-state index >= 15 is 0 Å². The fourth-order valence-corrected chi connectivity index (χ4v) is 3.33. The number of carbonyl (C=O) groups is 1. The van der Waals surface area contributed by atoms with Gasteiger partial charge in [-0.1, -0.05) is 32.4 Å². The van der Waals surface area contributed by atoms with Crippen LogP contribution in [0, 0.1) is 5.92 Å². The molecule has 1 aromatic carbocycles. The maximum atomic E-state index is 10.9. The van der Waals surface area contributed by atoms with Crippen LogP contribution < -0.4 is 0 Å². The number of rotatable bonds is 6. The summed E-state index contributed by atoms with van der Waals surface area (Å²) in [5.74, 6) is -0.104. The molecule has 3 heteroatoms. The maximum absolute atomic E-state index is 10.9. The number of likely N-dealkylation sites (tertiary alicyclic amines) is 1. The van der Waals surface area contributed by atoms with Gasteiger partial charge in [0.25, 0.3) is 0 Å². The van der Waals surface area contributed by atoms with Gasteiger partial charge in [0, 0.05) is 12.6 Å². The molecule has 110 valence electrons. The lowest BCUT2D eigenvalue weighted by Gasteiger charge is -2.29. The Morgan fingerprint density at radius 1 is 1.40 bits per heavy atom. The van der Waals surface area contributed by atoms with Crippen molar-refractivity contribution in [2.75, 3.05) is 6.54 Å². The second-order valence-corrected chi connectivity index (χ2v) is 5.95. The second kappa shape index (κ2) is 6.89. The summed E-state index contributed by atoms with van der Waals surface area (Å²) in [4.78, 5) is 13.4. The van der Waals surface area contributed by atoms with Gasteiger partial charge in [-0.25, -0.2) is 4.79 Å². The highest BCUT2D eigenvalue weighted by Crippen LogP contribution is 2.28. The SMILES string of the molecule is CCCC(C)C1CCCN1Cc1ccc(C(=O)O)cc1. The van der Waals surface area contributed by atoms with Crippen LogP contribution in [-0.2, 0) is 6.54 Å². The van der Waals surface area contributed by atoms with E-state index in [1.807, 2.05) is 12.1 Å². The molecule has 1 saturated heterocycles. The molecule has 1 N–H and O–H groups in total. The molecule has 0 aromatic heterocycles. The van der Waals surface area contributed by atoms with Gasteiger partial charge in [-0.3, -0.25) is 4.90 Å². The van der Waals surface area contributed by atoms with Crippen LogP contribution in [0.5, 0.6) is 0 Å². The third-order valence-electron chi connectivity index (χ3n) is 4.40. The minimum absolute atomic E-state index is 0.367. The molecular weight excluding hydrogens is 250 g/mol. The van der Waals surface area contributed by atoms with Gasteiger partial charge in [0.05, 0.1) is 5.56 Å². The minimum Gasteiger partial charge on any atom is -0.478 e. The van der Waals surface area contributed by atoms with Crippen molar-refractivity contribution in [3.05, 3.63) is 35.4 Å². The fourth-order valence-electron chi connectivity index (χ4n) is 3.33. The van der Waals surface area contributed by atoms with E-state index < -0.39 is 5.97 Å². The molecule has 0 spiro atoms. The summed E-state index contributed by atoms with van der Waals surface area (Å²) in [6.45, 7) is 6.72. The van der Waals surface area contributed by atoms with E-state index in [1.54, 1.807) is 12.1 Å². The molecule has 1 heterocycles. The van der Waals surface area contributed by atoms with Gasteiger partial charge >= 0.3 is 5.97 Å². The molecule has 0 amide bonds. The standard InChI is InChI=1S/C17H25NO2/c1-3-5-13(2)16-6-4-11-18(16)12-14-7-9-15(10-8-14)17(19)20/h7-10,13,16H,3-6,11-12H2,1-2H3,(H,19,20). The molecule has 2 rings (SSSR count). The highest BCUT2D eigenvalue weighted by atomic mass is 16.4. The van der Waals surface area contributed by atoms with Crippen molar-refractivity contribution >= 4 is 5.97 Å². The molecule has 0 saturated carbocycles. The van der Waals surface area contributed by atoms with Crippen LogP contribution in [0.4, 0.5) is 0 Å². The Kier molecular flexibility index (Phi) is 5.18. The number of hydrogen-bond acceptors (Lipinski definition) is 2. The molecule has 1 aliphatic heterocycles. The van der Waals surface area contributed by atoms with Crippen LogP contribution in [0.1, 0.15) is 55.5 Å². The lowest BCUT2D eigenvalue weighted by Crippen LogP contribution is -2.34. The van der Waals surface area contributed by atoms with Crippen molar-refractivity contribution in [3.8, 4) is 0 Å². The molecule has 1 aliphatic rings. The van der Waals surface area contributed by atoms with E-state index in [4.69, 9.17) is 5.11 Å². The molecule has 0 bridgehead atoms. The van der Waals surface area contributed by atoms with E-state index in [2.05, 4.69) is 18.7 Å². The Bertz CT molecular complexity index is 441. The molecule has 2 unspecified atom stereocenters. The summed E-state index contributed by atoms with van der Waals surface area (Å²) in [7, 11) is 0. The monoisotopic (exact) mass is 275 g/mol. The van der Waals surface area contributed by atoms with Gasteiger partial charge in [0.1, 0.15) is 0 Å². The zero-order valence-electron chi connectivity index (χ0n) is 12.5. The lowest BCUT2D eigenvalue weighted by molar-refractivity contribution is 0.0697. The van der Waals surface area contributed by atoms with Crippen molar-refractivity contribution in [1.82, 2.24) is 4.90 Å². The summed E-state index contributed by atoms with van der Waals surface area (Å²) < 4.78 is 0. The van der Waals surface area contributed by atoms with Crippen LogP contribution in [0.2, 0.25) is 0 Å². The normalized spacial score (nSPS) is 21.0. The predicted octanol–water partition coefficient (Wildman–Crippen LogP) is 3.79. The molecule has 3 nitrogen and oxygen atoms in total. The fraction of sp³-hybridized carbons (Fsp3) is 0.588. The zero-order valence-corrected chi connectivity index (χ0v) is 12.5. The number of carboxylic acids is 1. The number of nitrogens with zero attached hydrogens (tertiary/aromatic N) is 1. The summed E-state index contributed by atoms with van der Waals surface area (Å²) in [6, 6.07) is 8.00. The number of benzene rings is 1. The Balaban J connectivity index is 1.99. The number of hydrogen-bond donors (Lipinski definition) is 1. The highest BCUT2D eigenvalue weighted by Gasteiger charge is 2.28. The van der Waals surface area contributed by atoms with Crippen molar-refractivity contribution in [3.63, 3.8) is 0 Å². The van der Waals surface area contributed by atoms with Crippen LogP contribution in [0.3, 0.4) is 0 Å². The van der Waals surface area contributed by atoms with E-state index in [-0.39, 0.29) is 0 Å². The van der Waals surface area contributed by atoms with Crippen molar-refractivity contribution < 1.29 is 9.90 Å². The van der Waals surface area contributed by atoms with Crippen molar-refractivity contribution in [2.45, 2.75) is 52.1 Å². The largest absolute Gasteiger partial charge is 0.478 e. The van der Waals surface area contributed by atoms with Crippen molar-refractivity contribution in [1.29, 1.82) is 0 Å². The van der Waals surface area contributed by atoms with Gasteiger partial charge < -0.3 is 5.11 Å². The smallest absolute Gasteiger partial charge is 0.335 e. The number of aromatic carboxylic acids is 1. The molecule has 0 aliphatic carbocycles. The highest BCUT2D eigenvalue weighted by molar-refractivity contribution is 5.87. The topological polar surface area (TPSA) is 40.5 Å². The summed E-state index contributed by atoms with van der Waals surface area (Å²) >= 11 is 0. The second-order valence-electron chi connectivity index (χ2n) is 5.95. The van der Waals surface area contributed by atoms with Crippen molar-refractivity contribution in [2.24, 2.45) is 5.92 Å². The van der Waals surface area contributed by atoms with Crippen LogP contribution >= 0.6 is 0 Å². The summed E-state index contributed by atoms with van der Waals surface area (Å²) in [5, 5.41) is 8.92. The summed E-state index contributed by atoms with van der Waals surface area (Å²) in [5.41, 5.74) is 1.58. The average Bonchev–Trinajstić information content (AvgIpc) is 2.88. The quantitative estimate of drug-likeness (QED) is 0.858. The molecule has 0 radical (unpaired) electrons. The first-order valence-corrected chi connectivity index (χ1v) is 7.68. The van der Waals surface area contributed by atoms with Gasteiger partial charge in [0.2, 0.25) is 0 Å². The van der Waals surface area contributed by atoms with E-state index in [1.165, 1.54) is 37.8 Å². The first-order chi connectivity index (χ1) is 9.61. The molecule has 1 fully saturated rings. The molecular formula is C17H25NO2. The maximum Gasteiger partial charge on any atom is 0.335 e. The summed E-state index contributed by atoms with van der Waals surface area (Å²) in [6.07, 6.45) is 5.12. The van der Waals surface area contributed by atoms with Crippen LogP contribution in [0.15, 0.2) is 24.3 Å². The van der Waals surface area contributed by atoms with E-state index in [9.17, 15) is 4.79 Å². The predicted molar refractivity (Wildman–Crippen MR) is 80.9 cm³/mol. The lowest BCUT2D eigenvalue weighted by atomic mass is 9.94. The first kappa shape index (κ1) is 15.0. The van der Waals surface area contributed by atoms with Gasteiger partial charge in [-0.15, -0.1) is 0 Å². The van der Waals surface area contributed by atoms with Gasteiger partial charge in [0.15, 0.2) is 0 Å². The first-order valence-electron chi connectivity index (χ1n) is 7.68. The molecule has 1 aromatic rings. The Labute approximate surface area is 121 Å². The van der Waals surface area contributed by atoms with Crippen LogP contribution in [-0.4, -0.2) is 28.6 Å². The zero-order chi connectivity index (χ0) is 14.5. The molecule has 2 atom stereocenters. The Hall–Kier alpha value is -1.35. The van der Waals surface area contributed by atoms with E-state index in [0.717, 1.165) is 12.5 Å². The van der Waals surface area contributed by atoms with Gasteiger partial charge in [-0.2, -0.15) is 0 Å². The average molecular weight is 275 g/mol.